The van der Waals surface area contributed by atoms with E-state index in [-0.39, 0.29) is 0 Å². The fraction of sp³-hybridized carbons (Fsp3) is 0.129. The van der Waals surface area contributed by atoms with Gasteiger partial charge in [-0.25, -0.2) is 0 Å². The van der Waals surface area contributed by atoms with Gasteiger partial charge in [-0.2, -0.15) is 13.2 Å². The van der Waals surface area contributed by atoms with Crippen molar-refractivity contribution in [3.05, 3.63) is 109 Å². The lowest BCUT2D eigenvalue weighted by molar-refractivity contribution is -0.137. The van der Waals surface area contributed by atoms with Crippen LogP contribution in [-0.4, -0.2) is 13.1 Å². The second kappa shape index (κ2) is 9.06. The molecule has 0 bridgehead atoms. The molecule has 0 N–H and O–H groups in total. The van der Waals surface area contributed by atoms with E-state index in [1.165, 1.54) is 17.3 Å². The van der Waals surface area contributed by atoms with Crippen LogP contribution >= 0.6 is 0 Å². The second-order valence-corrected chi connectivity index (χ2v) is 15.2. The van der Waals surface area contributed by atoms with Crippen LogP contribution in [-0.2, 0) is 6.18 Å². The lowest BCUT2D eigenvalue weighted by Gasteiger charge is -2.16. The molecule has 0 aliphatic heterocycles. The van der Waals surface area contributed by atoms with Crippen LogP contribution < -0.4 is 5.19 Å². The molecule has 1 aromatic heterocycles. The highest BCUT2D eigenvalue weighted by Gasteiger charge is 2.30. The molecule has 0 unspecified atom stereocenters. The Bertz CT molecular complexity index is 1510. The number of pyridine rings is 1. The molecule has 180 valence electrons. The molecule has 0 aliphatic carbocycles. The van der Waals surface area contributed by atoms with Gasteiger partial charge in [0.1, 0.15) is 0 Å². The van der Waals surface area contributed by atoms with Crippen molar-refractivity contribution in [2.24, 2.45) is 0 Å². The van der Waals surface area contributed by atoms with Crippen molar-refractivity contribution in [3.63, 3.8) is 0 Å². The summed E-state index contributed by atoms with van der Waals surface area (Å²) in [6.45, 7) is 7.02. The van der Waals surface area contributed by atoms with E-state index < -0.39 is 19.8 Å². The summed E-state index contributed by atoms with van der Waals surface area (Å²) in [6.07, 6.45) is -2.43. The van der Waals surface area contributed by atoms with Gasteiger partial charge in [-0.3, -0.25) is 4.98 Å². The van der Waals surface area contributed by atoms with Crippen LogP contribution in [0.4, 0.5) is 13.2 Å². The normalized spacial score (nSPS) is 12.2. The minimum absolute atomic E-state index is 0.639. The van der Waals surface area contributed by atoms with Gasteiger partial charge in [0.05, 0.1) is 19.3 Å². The average molecular weight is 498 g/mol. The Labute approximate surface area is 210 Å². The third-order valence-electron chi connectivity index (χ3n) is 6.53. The van der Waals surface area contributed by atoms with Crippen LogP contribution in [0.25, 0.3) is 44.3 Å². The Morgan fingerprint density at radius 3 is 1.56 bits per heavy atom. The summed E-state index contributed by atoms with van der Waals surface area (Å²) in [6, 6.07) is 30.3. The van der Waals surface area contributed by atoms with Crippen molar-refractivity contribution in [3.8, 4) is 33.5 Å². The highest BCUT2D eigenvalue weighted by atomic mass is 28.3. The number of aromatic nitrogens is 1. The summed E-state index contributed by atoms with van der Waals surface area (Å²) in [4.78, 5) is 4.71. The predicted molar refractivity (Wildman–Crippen MR) is 146 cm³/mol. The maximum atomic E-state index is 12.9. The molecule has 0 spiro atoms. The van der Waals surface area contributed by atoms with Crippen LogP contribution in [0.3, 0.4) is 0 Å². The van der Waals surface area contributed by atoms with E-state index in [1.54, 1.807) is 0 Å². The van der Waals surface area contributed by atoms with Crippen LogP contribution in [0.1, 0.15) is 5.56 Å². The predicted octanol–water partition coefficient (Wildman–Crippen LogP) is 8.80. The lowest BCUT2D eigenvalue weighted by atomic mass is 9.97. The van der Waals surface area contributed by atoms with E-state index in [4.69, 9.17) is 4.98 Å². The van der Waals surface area contributed by atoms with Crippen molar-refractivity contribution >= 4 is 24.0 Å². The van der Waals surface area contributed by atoms with Crippen LogP contribution in [0, 0.1) is 0 Å². The quantitative estimate of drug-likeness (QED) is 0.226. The Kier molecular flexibility index (Phi) is 6.05. The number of fused-ring (bicyclic) bond motifs is 1. The van der Waals surface area contributed by atoms with Crippen molar-refractivity contribution in [2.45, 2.75) is 25.8 Å². The van der Waals surface area contributed by atoms with Gasteiger partial charge < -0.3 is 0 Å². The zero-order chi connectivity index (χ0) is 25.5. The summed E-state index contributed by atoms with van der Waals surface area (Å²) in [5.74, 6) is 0. The molecule has 4 aromatic carbocycles. The third-order valence-corrected chi connectivity index (χ3v) is 8.59. The number of benzene rings is 4. The smallest absolute Gasteiger partial charge is 0.256 e. The molecular weight excluding hydrogens is 471 g/mol. The van der Waals surface area contributed by atoms with Crippen LogP contribution in [0.5, 0.6) is 0 Å². The number of rotatable bonds is 4. The maximum absolute atomic E-state index is 12.9. The second-order valence-electron chi connectivity index (χ2n) is 10.1. The van der Waals surface area contributed by atoms with Crippen LogP contribution in [0.15, 0.2) is 103 Å². The Hall–Kier alpha value is -3.70. The first-order chi connectivity index (χ1) is 17.1. The molecule has 36 heavy (non-hydrogen) atoms. The van der Waals surface area contributed by atoms with Crippen molar-refractivity contribution in [2.75, 3.05) is 0 Å². The molecule has 5 aromatic rings. The first kappa shape index (κ1) is 24.0. The first-order valence-electron chi connectivity index (χ1n) is 11.9. The van der Waals surface area contributed by atoms with Crippen LogP contribution in [0.2, 0.25) is 19.6 Å². The fourth-order valence-electron chi connectivity index (χ4n) is 4.33. The topological polar surface area (TPSA) is 12.9 Å². The van der Waals surface area contributed by atoms with E-state index >= 15 is 0 Å². The van der Waals surface area contributed by atoms with Crippen molar-refractivity contribution in [1.82, 2.24) is 4.98 Å². The number of hydrogen-bond donors (Lipinski definition) is 0. The third kappa shape index (κ3) is 4.98. The molecule has 0 fully saturated rings. The number of hydrogen-bond acceptors (Lipinski definition) is 1. The van der Waals surface area contributed by atoms with Gasteiger partial charge in [0.15, 0.2) is 0 Å². The molecule has 0 radical (unpaired) electrons. The largest absolute Gasteiger partial charge is 0.416 e. The van der Waals surface area contributed by atoms with E-state index in [1.807, 2.05) is 30.5 Å². The molecule has 0 aliphatic rings. The highest BCUT2D eigenvalue weighted by molar-refractivity contribution is 6.88. The standard InChI is InChI=1S/C31H26F3NSi/c1-36(2,3)29-15-10-22(11-16-29)30-17-12-27(20-35-30)26-7-6-24-18-23(4-5-25(24)19-26)21-8-13-28(14-9-21)31(32,33)34/h4-20H,1-3H3. The zero-order valence-corrected chi connectivity index (χ0v) is 21.4. The zero-order valence-electron chi connectivity index (χ0n) is 20.4. The maximum Gasteiger partial charge on any atom is 0.416 e. The van der Waals surface area contributed by atoms with Crippen molar-refractivity contribution in [1.29, 1.82) is 0 Å². The minimum atomic E-state index is -4.33. The molecular formula is C31H26F3NSi. The molecule has 1 heterocycles. The summed E-state index contributed by atoms with van der Waals surface area (Å²) < 4.78 is 38.6. The number of alkyl halides is 3. The summed E-state index contributed by atoms with van der Waals surface area (Å²) in [5, 5.41) is 3.53. The monoisotopic (exact) mass is 497 g/mol. The highest BCUT2D eigenvalue weighted by Crippen LogP contribution is 2.33. The van der Waals surface area contributed by atoms with Gasteiger partial charge in [0, 0.05) is 17.3 Å². The Balaban J connectivity index is 1.38. The molecule has 0 amide bonds. The molecule has 1 nitrogen and oxygen atoms in total. The van der Waals surface area contributed by atoms with Gasteiger partial charge >= 0.3 is 6.18 Å². The molecule has 0 atom stereocenters. The molecule has 5 rings (SSSR count). The van der Waals surface area contributed by atoms with Crippen molar-refractivity contribution < 1.29 is 13.2 Å². The minimum Gasteiger partial charge on any atom is -0.256 e. The summed E-state index contributed by atoms with van der Waals surface area (Å²) >= 11 is 0. The SMILES string of the molecule is C[Si](C)(C)c1ccc(-c2ccc(-c3ccc4cc(-c5ccc(C(F)(F)F)cc5)ccc4c3)cn2)cc1. The van der Waals surface area contributed by atoms with E-state index in [9.17, 15) is 13.2 Å². The van der Waals surface area contributed by atoms with Gasteiger partial charge in [-0.1, -0.05) is 91.6 Å². The molecule has 0 saturated carbocycles. The lowest BCUT2D eigenvalue weighted by Crippen LogP contribution is -2.37. The Morgan fingerprint density at radius 2 is 1.06 bits per heavy atom. The van der Waals surface area contributed by atoms with E-state index in [0.717, 1.165) is 56.4 Å². The number of halogens is 3. The molecule has 0 saturated heterocycles. The van der Waals surface area contributed by atoms with Gasteiger partial charge in [0.2, 0.25) is 0 Å². The van der Waals surface area contributed by atoms with Gasteiger partial charge in [0.25, 0.3) is 0 Å². The van der Waals surface area contributed by atoms with E-state index in [2.05, 4.69) is 68.2 Å². The summed E-state index contributed by atoms with van der Waals surface area (Å²) in [7, 11) is -1.33. The Morgan fingerprint density at radius 1 is 0.556 bits per heavy atom. The van der Waals surface area contributed by atoms with Gasteiger partial charge in [-0.05, 0) is 57.8 Å². The van der Waals surface area contributed by atoms with Gasteiger partial charge in [-0.15, -0.1) is 0 Å². The average Bonchev–Trinajstić information content (AvgIpc) is 2.87. The summed E-state index contributed by atoms with van der Waals surface area (Å²) in [5.41, 5.74) is 5.16. The number of nitrogens with zero attached hydrogens (tertiary/aromatic N) is 1. The molecule has 5 heteroatoms. The first-order valence-corrected chi connectivity index (χ1v) is 15.4. The fourth-order valence-corrected chi connectivity index (χ4v) is 5.50. The van der Waals surface area contributed by atoms with E-state index in [0.29, 0.717) is 0 Å².